The summed E-state index contributed by atoms with van der Waals surface area (Å²) < 4.78 is 46.3. The fourth-order valence-corrected chi connectivity index (χ4v) is 3.76. The van der Waals surface area contributed by atoms with Crippen molar-refractivity contribution in [3.05, 3.63) is 78.1 Å². The molecule has 0 spiro atoms. The molecule has 1 aromatic heterocycles. The number of nitrogens with one attached hydrogen (secondary N) is 1. The molecule has 4 rings (SSSR count). The monoisotopic (exact) mass is 472 g/mol. The molecule has 34 heavy (non-hydrogen) atoms. The fraction of sp³-hybridized carbons (Fsp3) is 0.292. The third kappa shape index (κ3) is 5.94. The van der Waals surface area contributed by atoms with Gasteiger partial charge in [0.25, 0.3) is 0 Å². The van der Waals surface area contributed by atoms with Gasteiger partial charge in [-0.1, -0.05) is 18.2 Å². The number of nitrogens with zero attached hydrogens (tertiary/aromatic N) is 3. The van der Waals surface area contributed by atoms with Crippen LogP contribution in [-0.4, -0.2) is 39.6 Å². The summed E-state index contributed by atoms with van der Waals surface area (Å²) in [6.07, 6.45) is -0.931. The molecule has 3 aromatic rings. The summed E-state index contributed by atoms with van der Waals surface area (Å²) in [5.74, 6) is -0.608. The van der Waals surface area contributed by atoms with Crippen molar-refractivity contribution < 1.29 is 27.5 Å². The first-order chi connectivity index (χ1) is 16.3. The Morgan fingerprint density at radius 2 is 1.97 bits per heavy atom. The van der Waals surface area contributed by atoms with Gasteiger partial charge in [0.05, 0.1) is 18.0 Å². The highest BCUT2D eigenvalue weighted by Gasteiger charge is 2.35. The summed E-state index contributed by atoms with van der Waals surface area (Å²) in [5.41, 5.74) is 0.132. The molecule has 1 atom stereocenters. The first kappa shape index (κ1) is 23.3. The van der Waals surface area contributed by atoms with E-state index in [9.17, 15) is 22.8 Å². The normalized spacial score (nSPS) is 16.0. The molecule has 2 amide bonds. The van der Waals surface area contributed by atoms with Gasteiger partial charge in [0.1, 0.15) is 12.4 Å². The summed E-state index contributed by atoms with van der Waals surface area (Å²) in [7, 11) is 0. The Morgan fingerprint density at radius 1 is 1.15 bits per heavy atom. The highest BCUT2D eigenvalue weighted by Crippen LogP contribution is 2.30. The van der Waals surface area contributed by atoms with Crippen molar-refractivity contribution in [3.63, 3.8) is 0 Å². The highest BCUT2D eigenvalue weighted by atomic mass is 19.4. The second kappa shape index (κ2) is 9.98. The van der Waals surface area contributed by atoms with Crippen LogP contribution in [0.15, 0.2) is 67.0 Å². The van der Waals surface area contributed by atoms with Crippen LogP contribution in [0, 0.1) is 5.92 Å². The van der Waals surface area contributed by atoms with E-state index < -0.39 is 17.7 Å². The standard InChI is InChI=1S/C24H23F3N4O3/c25-24(26,27)19-5-1-4-17(12-19)15-30-16-18(13-22(30)32)23(33)29-20-6-2-7-21(14-20)34-11-10-31-9-3-8-28-31/h1-9,12,14,18H,10-11,13,15-16H2,(H,29,33). The maximum atomic E-state index is 12.9. The molecule has 0 radical (unpaired) electrons. The van der Waals surface area contributed by atoms with Gasteiger partial charge in [-0.15, -0.1) is 0 Å². The van der Waals surface area contributed by atoms with Gasteiger partial charge in [-0.05, 0) is 35.9 Å². The molecule has 1 N–H and O–H groups in total. The van der Waals surface area contributed by atoms with Gasteiger partial charge in [0.15, 0.2) is 0 Å². The number of hydrogen-bond acceptors (Lipinski definition) is 4. The van der Waals surface area contributed by atoms with Crippen LogP contribution in [-0.2, 0) is 28.9 Å². The lowest BCUT2D eigenvalue weighted by Gasteiger charge is -2.18. The van der Waals surface area contributed by atoms with Crippen LogP contribution in [0.4, 0.5) is 18.9 Å². The Balaban J connectivity index is 1.31. The maximum Gasteiger partial charge on any atom is 0.416 e. The predicted octanol–water partition coefficient (Wildman–Crippen LogP) is 3.97. The third-order valence-electron chi connectivity index (χ3n) is 5.46. The summed E-state index contributed by atoms with van der Waals surface area (Å²) in [6, 6.07) is 13.6. The summed E-state index contributed by atoms with van der Waals surface area (Å²) in [4.78, 5) is 26.5. The van der Waals surface area contributed by atoms with E-state index in [0.29, 0.717) is 30.2 Å². The van der Waals surface area contributed by atoms with E-state index in [4.69, 9.17) is 4.74 Å². The Bertz CT molecular complexity index is 1150. The van der Waals surface area contributed by atoms with Gasteiger partial charge in [-0.3, -0.25) is 14.3 Å². The molecular weight excluding hydrogens is 449 g/mol. The molecule has 0 saturated carbocycles. The number of aromatic nitrogens is 2. The van der Waals surface area contributed by atoms with Crippen molar-refractivity contribution >= 4 is 17.5 Å². The topological polar surface area (TPSA) is 76.5 Å². The molecule has 1 aliphatic heterocycles. The number of alkyl halides is 3. The second-order valence-electron chi connectivity index (χ2n) is 8.01. The first-order valence-electron chi connectivity index (χ1n) is 10.7. The lowest BCUT2D eigenvalue weighted by Crippen LogP contribution is -2.28. The Labute approximate surface area is 194 Å². The van der Waals surface area contributed by atoms with Crippen molar-refractivity contribution in [1.29, 1.82) is 0 Å². The number of carbonyl (C=O) groups is 2. The number of anilines is 1. The van der Waals surface area contributed by atoms with Crippen LogP contribution in [0.25, 0.3) is 0 Å². The molecule has 1 unspecified atom stereocenters. The van der Waals surface area contributed by atoms with Crippen LogP contribution in [0.1, 0.15) is 17.5 Å². The molecule has 7 nitrogen and oxygen atoms in total. The molecule has 2 aromatic carbocycles. The van der Waals surface area contributed by atoms with Crippen molar-refractivity contribution in [1.82, 2.24) is 14.7 Å². The summed E-state index contributed by atoms with van der Waals surface area (Å²) in [5, 5.41) is 6.90. The van der Waals surface area contributed by atoms with E-state index in [2.05, 4.69) is 10.4 Å². The number of amides is 2. The Hall–Kier alpha value is -3.82. The smallest absolute Gasteiger partial charge is 0.416 e. The van der Waals surface area contributed by atoms with E-state index in [1.807, 2.05) is 12.3 Å². The van der Waals surface area contributed by atoms with E-state index in [0.717, 1.165) is 12.1 Å². The number of likely N-dealkylation sites (tertiary alicyclic amines) is 1. The molecule has 10 heteroatoms. The molecule has 178 valence electrons. The lowest BCUT2D eigenvalue weighted by atomic mass is 10.1. The number of ether oxygens (including phenoxy) is 1. The van der Waals surface area contributed by atoms with Gasteiger partial charge in [0, 0.05) is 43.7 Å². The minimum atomic E-state index is -4.45. The van der Waals surface area contributed by atoms with Gasteiger partial charge in [-0.2, -0.15) is 18.3 Å². The van der Waals surface area contributed by atoms with Crippen molar-refractivity contribution in [2.45, 2.75) is 25.7 Å². The fourth-order valence-electron chi connectivity index (χ4n) is 3.76. The van der Waals surface area contributed by atoms with Gasteiger partial charge >= 0.3 is 6.18 Å². The average molecular weight is 472 g/mol. The van der Waals surface area contributed by atoms with Crippen LogP contribution < -0.4 is 10.1 Å². The number of carbonyl (C=O) groups excluding carboxylic acids is 2. The molecule has 0 bridgehead atoms. The largest absolute Gasteiger partial charge is 0.492 e. The second-order valence-corrected chi connectivity index (χ2v) is 8.01. The van der Waals surface area contributed by atoms with Crippen LogP contribution >= 0.6 is 0 Å². The van der Waals surface area contributed by atoms with Gasteiger partial charge in [-0.25, -0.2) is 0 Å². The summed E-state index contributed by atoms with van der Waals surface area (Å²) in [6.45, 7) is 1.14. The lowest BCUT2D eigenvalue weighted by molar-refractivity contribution is -0.137. The van der Waals surface area contributed by atoms with E-state index in [1.165, 1.54) is 17.0 Å². The van der Waals surface area contributed by atoms with Crippen LogP contribution in [0.3, 0.4) is 0 Å². The average Bonchev–Trinajstić information content (AvgIpc) is 3.44. The Morgan fingerprint density at radius 3 is 2.74 bits per heavy atom. The van der Waals surface area contributed by atoms with Gasteiger partial charge in [0.2, 0.25) is 11.8 Å². The SMILES string of the molecule is O=C(Nc1cccc(OCCn2cccn2)c1)C1CC(=O)N(Cc2cccc(C(F)(F)F)c2)C1. The molecule has 1 saturated heterocycles. The zero-order chi connectivity index (χ0) is 24.1. The van der Waals surface area contributed by atoms with Crippen molar-refractivity contribution in [2.75, 3.05) is 18.5 Å². The van der Waals surface area contributed by atoms with Gasteiger partial charge < -0.3 is 15.0 Å². The van der Waals surface area contributed by atoms with Crippen molar-refractivity contribution in [3.8, 4) is 5.75 Å². The zero-order valence-electron chi connectivity index (χ0n) is 18.2. The summed E-state index contributed by atoms with van der Waals surface area (Å²) >= 11 is 0. The third-order valence-corrected chi connectivity index (χ3v) is 5.46. The molecule has 2 heterocycles. The Kier molecular flexibility index (Phi) is 6.85. The minimum absolute atomic E-state index is 0.00482. The predicted molar refractivity (Wildman–Crippen MR) is 118 cm³/mol. The highest BCUT2D eigenvalue weighted by molar-refractivity contribution is 5.97. The van der Waals surface area contributed by atoms with E-state index in [1.54, 1.807) is 35.1 Å². The van der Waals surface area contributed by atoms with Crippen molar-refractivity contribution in [2.24, 2.45) is 5.92 Å². The zero-order valence-corrected chi connectivity index (χ0v) is 18.2. The van der Waals surface area contributed by atoms with Crippen LogP contribution in [0.2, 0.25) is 0 Å². The minimum Gasteiger partial charge on any atom is -0.492 e. The van der Waals surface area contributed by atoms with E-state index >= 15 is 0 Å². The number of rotatable bonds is 8. The number of hydrogen-bond donors (Lipinski definition) is 1. The molecule has 1 fully saturated rings. The van der Waals surface area contributed by atoms with Crippen LogP contribution in [0.5, 0.6) is 5.75 Å². The molecule has 1 aliphatic rings. The number of benzene rings is 2. The maximum absolute atomic E-state index is 12.9. The molecular formula is C24H23F3N4O3. The quantitative estimate of drug-likeness (QED) is 0.538. The molecule has 0 aliphatic carbocycles. The van der Waals surface area contributed by atoms with E-state index in [-0.39, 0.29) is 31.3 Å². The first-order valence-corrected chi connectivity index (χ1v) is 10.7. The number of halogens is 3.